The van der Waals surface area contributed by atoms with Gasteiger partial charge >= 0.3 is 0 Å². The Morgan fingerprint density at radius 1 is 1.00 bits per heavy atom. The van der Waals surface area contributed by atoms with E-state index in [1.54, 1.807) is 12.1 Å². The zero-order valence-corrected chi connectivity index (χ0v) is 10.2. The molecular weight excluding hydrogens is 244 g/mol. The zero-order valence-electron chi connectivity index (χ0n) is 10.2. The molecule has 0 saturated heterocycles. The Kier molecular flexibility index (Phi) is 2.75. The fraction of sp³-hybridized carbons (Fsp3) is 0.154. The summed E-state index contributed by atoms with van der Waals surface area (Å²) in [4.78, 5) is 4.15. The number of nitrogens with two attached hydrogens (primary N) is 2. The Labute approximate surface area is 110 Å². The summed E-state index contributed by atoms with van der Waals surface area (Å²) < 4.78 is 11.0. The molecule has 6 nitrogen and oxygen atoms in total. The summed E-state index contributed by atoms with van der Waals surface area (Å²) >= 11 is 0. The van der Waals surface area contributed by atoms with Gasteiger partial charge in [-0.2, -0.15) is 0 Å². The maximum Gasteiger partial charge on any atom is 0.163 e. The van der Waals surface area contributed by atoms with Crippen LogP contribution in [-0.2, 0) is 0 Å². The molecule has 0 spiro atoms. The van der Waals surface area contributed by atoms with E-state index >= 15 is 0 Å². The molecular formula is C13H14N4O2. The third-order valence-electron chi connectivity index (χ3n) is 2.77. The van der Waals surface area contributed by atoms with Gasteiger partial charge in [-0.3, -0.25) is 0 Å². The number of nitrogens with one attached hydrogen (secondary N) is 1. The second-order valence-corrected chi connectivity index (χ2v) is 4.15. The van der Waals surface area contributed by atoms with Crippen LogP contribution in [-0.4, -0.2) is 18.2 Å². The average Bonchev–Trinajstić information content (AvgIpc) is 2.43. The van der Waals surface area contributed by atoms with Gasteiger partial charge in [0.05, 0.1) is 5.69 Å². The van der Waals surface area contributed by atoms with E-state index in [1.165, 1.54) is 0 Å². The molecule has 0 fully saturated rings. The van der Waals surface area contributed by atoms with Crippen LogP contribution in [0.2, 0.25) is 0 Å². The molecule has 6 heteroatoms. The van der Waals surface area contributed by atoms with Gasteiger partial charge in [0.2, 0.25) is 0 Å². The first-order valence-corrected chi connectivity index (χ1v) is 5.91. The number of anilines is 4. The summed E-state index contributed by atoms with van der Waals surface area (Å²) in [6, 6.07) is 9.09. The molecule has 0 radical (unpaired) electrons. The van der Waals surface area contributed by atoms with Crippen LogP contribution < -0.4 is 26.3 Å². The summed E-state index contributed by atoms with van der Waals surface area (Å²) in [6.45, 7) is 1.14. The highest BCUT2D eigenvalue weighted by Crippen LogP contribution is 2.33. The first-order chi connectivity index (χ1) is 9.22. The SMILES string of the molecule is Nc1ccc(Nc2ccc3c(c2)OCCO3)nc1N. The molecule has 0 unspecified atom stereocenters. The van der Waals surface area contributed by atoms with Crippen molar-refractivity contribution in [2.24, 2.45) is 0 Å². The second kappa shape index (κ2) is 4.56. The number of benzene rings is 1. The van der Waals surface area contributed by atoms with E-state index < -0.39 is 0 Å². The van der Waals surface area contributed by atoms with Crippen molar-refractivity contribution in [2.45, 2.75) is 0 Å². The fourth-order valence-corrected chi connectivity index (χ4v) is 1.82. The molecule has 0 amide bonds. The van der Waals surface area contributed by atoms with E-state index in [9.17, 15) is 0 Å². The average molecular weight is 258 g/mol. The summed E-state index contributed by atoms with van der Waals surface area (Å²) in [5.74, 6) is 2.41. The minimum Gasteiger partial charge on any atom is -0.486 e. The summed E-state index contributed by atoms with van der Waals surface area (Å²) in [5.41, 5.74) is 12.6. The molecule has 1 aliphatic rings. The molecule has 0 bridgehead atoms. The maximum absolute atomic E-state index is 5.66. The molecule has 2 heterocycles. The Morgan fingerprint density at radius 2 is 1.79 bits per heavy atom. The van der Waals surface area contributed by atoms with Crippen LogP contribution >= 0.6 is 0 Å². The first kappa shape index (κ1) is 11.5. The molecule has 0 saturated carbocycles. The number of aromatic nitrogens is 1. The normalized spacial score (nSPS) is 13.1. The first-order valence-electron chi connectivity index (χ1n) is 5.91. The molecule has 19 heavy (non-hydrogen) atoms. The van der Waals surface area contributed by atoms with Crippen LogP contribution in [0.1, 0.15) is 0 Å². The van der Waals surface area contributed by atoms with E-state index in [2.05, 4.69) is 10.3 Å². The number of fused-ring (bicyclic) bond motifs is 1. The number of ether oxygens (including phenoxy) is 2. The van der Waals surface area contributed by atoms with Crippen molar-refractivity contribution >= 4 is 23.0 Å². The van der Waals surface area contributed by atoms with E-state index in [4.69, 9.17) is 20.9 Å². The van der Waals surface area contributed by atoms with E-state index in [0.29, 0.717) is 30.5 Å². The standard InChI is InChI=1S/C13H14N4O2/c14-9-2-4-12(17-13(9)15)16-8-1-3-10-11(7-8)19-6-5-18-10/h1-4,7H,5-6,14H2,(H3,15,16,17). The predicted molar refractivity (Wildman–Crippen MR) is 73.8 cm³/mol. The summed E-state index contributed by atoms with van der Waals surface area (Å²) in [6.07, 6.45) is 0. The van der Waals surface area contributed by atoms with Gasteiger partial charge in [0.25, 0.3) is 0 Å². The highest BCUT2D eigenvalue weighted by Gasteiger charge is 2.11. The Hall–Kier alpha value is -2.63. The smallest absolute Gasteiger partial charge is 0.163 e. The summed E-state index contributed by atoms with van der Waals surface area (Å²) in [7, 11) is 0. The number of hydrogen-bond donors (Lipinski definition) is 3. The third-order valence-corrected chi connectivity index (χ3v) is 2.77. The molecule has 0 aliphatic carbocycles. The van der Waals surface area contributed by atoms with Crippen molar-refractivity contribution in [1.29, 1.82) is 0 Å². The number of nitrogen functional groups attached to an aromatic ring is 2. The molecule has 1 aromatic carbocycles. The highest BCUT2D eigenvalue weighted by molar-refractivity contribution is 5.66. The van der Waals surface area contributed by atoms with E-state index in [-0.39, 0.29) is 0 Å². The van der Waals surface area contributed by atoms with Crippen LogP contribution in [0.4, 0.5) is 23.0 Å². The van der Waals surface area contributed by atoms with Gasteiger partial charge in [-0.15, -0.1) is 0 Å². The third kappa shape index (κ3) is 2.33. The lowest BCUT2D eigenvalue weighted by Gasteiger charge is -2.19. The van der Waals surface area contributed by atoms with Crippen LogP contribution in [0.3, 0.4) is 0 Å². The van der Waals surface area contributed by atoms with Gasteiger partial charge in [-0.1, -0.05) is 0 Å². The van der Waals surface area contributed by atoms with Crippen LogP contribution in [0.15, 0.2) is 30.3 Å². The fourth-order valence-electron chi connectivity index (χ4n) is 1.82. The van der Waals surface area contributed by atoms with Crippen molar-refractivity contribution in [3.05, 3.63) is 30.3 Å². The molecule has 2 aromatic rings. The predicted octanol–water partition coefficient (Wildman–Crippen LogP) is 1.76. The molecule has 1 aromatic heterocycles. The molecule has 98 valence electrons. The van der Waals surface area contributed by atoms with Crippen LogP contribution in [0, 0.1) is 0 Å². The van der Waals surface area contributed by atoms with Crippen molar-refractivity contribution in [1.82, 2.24) is 4.98 Å². The van der Waals surface area contributed by atoms with Crippen molar-refractivity contribution in [3.8, 4) is 11.5 Å². The quantitative estimate of drug-likeness (QED) is 0.759. The number of pyridine rings is 1. The Balaban J connectivity index is 1.84. The van der Waals surface area contributed by atoms with E-state index in [1.807, 2.05) is 18.2 Å². The molecule has 1 aliphatic heterocycles. The number of hydrogen-bond acceptors (Lipinski definition) is 6. The highest BCUT2D eigenvalue weighted by atomic mass is 16.6. The van der Waals surface area contributed by atoms with Gasteiger partial charge in [-0.05, 0) is 24.3 Å². The van der Waals surface area contributed by atoms with Crippen LogP contribution in [0.5, 0.6) is 11.5 Å². The minimum atomic E-state index is 0.308. The lowest BCUT2D eigenvalue weighted by molar-refractivity contribution is 0.171. The molecule has 3 rings (SSSR count). The molecule has 5 N–H and O–H groups in total. The van der Waals surface area contributed by atoms with E-state index in [0.717, 1.165) is 17.2 Å². The largest absolute Gasteiger partial charge is 0.486 e. The monoisotopic (exact) mass is 258 g/mol. The van der Waals surface area contributed by atoms with Crippen molar-refractivity contribution in [3.63, 3.8) is 0 Å². The lowest BCUT2D eigenvalue weighted by Crippen LogP contribution is -2.15. The molecule has 0 atom stereocenters. The minimum absolute atomic E-state index is 0.308. The maximum atomic E-state index is 5.66. The Morgan fingerprint density at radius 3 is 2.58 bits per heavy atom. The van der Waals surface area contributed by atoms with Gasteiger partial charge in [0.1, 0.15) is 24.8 Å². The van der Waals surface area contributed by atoms with Crippen molar-refractivity contribution in [2.75, 3.05) is 30.0 Å². The second-order valence-electron chi connectivity index (χ2n) is 4.15. The van der Waals surface area contributed by atoms with Crippen molar-refractivity contribution < 1.29 is 9.47 Å². The van der Waals surface area contributed by atoms with Gasteiger partial charge < -0.3 is 26.3 Å². The lowest BCUT2D eigenvalue weighted by atomic mass is 10.2. The number of nitrogens with zero attached hydrogens (tertiary/aromatic N) is 1. The topological polar surface area (TPSA) is 95.4 Å². The van der Waals surface area contributed by atoms with Gasteiger partial charge in [0, 0.05) is 11.8 Å². The summed E-state index contributed by atoms with van der Waals surface area (Å²) in [5, 5.41) is 3.14. The van der Waals surface area contributed by atoms with Crippen LogP contribution in [0.25, 0.3) is 0 Å². The van der Waals surface area contributed by atoms with Gasteiger partial charge in [0.15, 0.2) is 11.5 Å². The number of rotatable bonds is 2. The zero-order chi connectivity index (χ0) is 13.2. The Bertz CT molecular complexity index is 616. The van der Waals surface area contributed by atoms with Gasteiger partial charge in [-0.25, -0.2) is 4.98 Å².